The number of carbonyl (C=O) groups excluding carboxylic acids is 1. The van der Waals surface area contributed by atoms with Crippen molar-refractivity contribution < 1.29 is 9.18 Å². The number of imidazole rings is 1. The molecule has 0 radical (unpaired) electrons. The van der Waals surface area contributed by atoms with Gasteiger partial charge in [-0.3, -0.25) is 9.78 Å². The van der Waals surface area contributed by atoms with Crippen molar-refractivity contribution in [1.29, 1.82) is 0 Å². The van der Waals surface area contributed by atoms with Gasteiger partial charge in [0, 0.05) is 35.4 Å². The molecule has 1 atom stereocenters. The van der Waals surface area contributed by atoms with E-state index in [9.17, 15) is 9.18 Å². The molecule has 0 saturated heterocycles. The van der Waals surface area contributed by atoms with Crippen LogP contribution >= 0.6 is 23.2 Å². The molecule has 3 aromatic rings. The molecule has 5 nitrogen and oxygen atoms in total. The van der Waals surface area contributed by atoms with Crippen LogP contribution in [0.2, 0.25) is 10.0 Å². The maximum absolute atomic E-state index is 13.9. The molecule has 4 rings (SSSR count). The molecule has 1 aromatic carbocycles. The van der Waals surface area contributed by atoms with E-state index < -0.39 is 5.82 Å². The van der Waals surface area contributed by atoms with Crippen molar-refractivity contribution in [2.45, 2.75) is 19.4 Å². The number of carbonyl (C=O) groups is 1. The van der Waals surface area contributed by atoms with Gasteiger partial charge >= 0.3 is 0 Å². The van der Waals surface area contributed by atoms with Crippen LogP contribution in [0.5, 0.6) is 0 Å². The summed E-state index contributed by atoms with van der Waals surface area (Å²) in [5, 5.41) is 0.890. The highest BCUT2D eigenvalue weighted by atomic mass is 35.5. The van der Waals surface area contributed by atoms with E-state index in [2.05, 4.69) is 15.0 Å². The topological polar surface area (TPSA) is 61.9 Å². The van der Waals surface area contributed by atoms with Crippen LogP contribution in [0.4, 0.5) is 4.39 Å². The normalized spacial score (nSPS) is 17.0. The summed E-state index contributed by atoms with van der Waals surface area (Å²) in [5.74, 6) is -0.805. The number of aromatic nitrogens is 3. The average Bonchev–Trinajstić information content (AvgIpc) is 3.05. The quantitative estimate of drug-likeness (QED) is 0.691. The number of pyridine rings is 1. The zero-order valence-corrected chi connectivity index (χ0v) is 14.7. The van der Waals surface area contributed by atoms with Crippen molar-refractivity contribution in [3.05, 3.63) is 57.3 Å². The third-order valence-corrected chi connectivity index (χ3v) is 5.15. The highest BCUT2D eigenvalue weighted by Crippen LogP contribution is 2.34. The Morgan fingerprint density at radius 1 is 1.32 bits per heavy atom. The summed E-state index contributed by atoms with van der Waals surface area (Å²) in [7, 11) is 0. The molecule has 25 heavy (non-hydrogen) atoms. The lowest BCUT2D eigenvalue weighted by atomic mass is 9.98. The fourth-order valence-corrected chi connectivity index (χ4v) is 3.77. The van der Waals surface area contributed by atoms with Crippen molar-refractivity contribution in [1.82, 2.24) is 19.9 Å². The Bertz CT molecular complexity index is 965. The number of benzene rings is 1. The molecule has 1 aliphatic heterocycles. The maximum Gasteiger partial charge on any atom is 0.290 e. The fraction of sp³-hybridized carbons (Fsp3) is 0.235. The van der Waals surface area contributed by atoms with Gasteiger partial charge in [0.05, 0.1) is 16.6 Å². The molecule has 0 unspecified atom stereocenters. The predicted molar refractivity (Wildman–Crippen MR) is 93.5 cm³/mol. The van der Waals surface area contributed by atoms with Crippen molar-refractivity contribution >= 4 is 40.1 Å². The van der Waals surface area contributed by atoms with Gasteiger partial charge in [-0.15, -0.1) is 0 Å². The van der Waals surface area contributed by atoms with E-state index in [1.807, 2.05) is 6.92 Å². The van der Waals surface area contributed by atoms with Gasteiger partial charge in [-0.2, -0.15) is 0 Å². The number of nitrogens with zero attached hydrogens (tertiary/aromatic N) is 3. The molecule has 0 fully saturated rings. The van der Waals surface area contributed by atoms with E-state index in [-0.39, 0.29) is 23.3 Å². The first kappa shape index (κ1) is 16.3. The summed E-state index contributed by atoms with van der Waals surface area (Å²) in [6.45, 7) is 2.37. The third-order valence-electron chi connectivity index (χ3n) is 4.50. The Balaban J connectivity index is 1.74. The molecular weight excluding hydrogens is 366 g/mol. The lowest BCUT2D eigenvalue weighted by Gasteiger charge is -2.34. The van der Waals surface area contributed by atoms with Crippen LogP contribution in [0.1, 0.15) is 34.8 Å². The highest BCUT2D eigenvalue weighted by molar-refractivity contribution is 6.35. The van der Waals surface area contributed by atoms with Crippen LogP contribution in [0.3, 0.4) is 0 Å². The number of aromatic amines is 1. The van der Waals surface area contributed by atoms with E-state index >= 15 is 0 Å². The predicted octanol–water partition coefficient (Wildman–Crippen LogP) is 4.16. The van der Waals surface area contributed by atoms with Crippen LogP contribution in [0.15, 0.2) is 24.4 Å². The standard InChI is InChI=1S/C17H13Cl2FN4O/c1-8-13-9(18)4-6-21-12(13)5-7-24(8)17(25)16-22-14-10(19)2-3-11(20)15(14)23-16/h2-4,6,8H,5,7H2,1H3,(H,22,23)/t8-/m0/s1. The van der Waals surface area contributed by atoms with E-state index in [0.717, 1.165) is 11.3 Å². The molecule has 0 bridgehead atoms. The summed E-state index contributed by atoms with van der Waals surface area (Å²) < 4.78 is 13.9. The molecule has 1 aliphatic rings. The number of nitrogens with one attached hydrogen (secondary N) is 1. The Labute approximate surface area is 152 Å². The molecule has 3 heterocycles. The summed E-state index contributed by atoms with van der Waals surface area (Å²) in [6.07, 6.45) is 2.26. The van der Waals surface area contributed by atoms with Crippen LogP contribution < -0.4 is 0 Å². The minimum absolute atomic E-state index is 0.0531. The molecule has 1 amide bonds. The zero-order valence-electron chi connectivity index (χ0n) is 13.2. The van der Waals surface area contributed by atoms with E-state index in [4.69, 9.17) is 23.2 Å². The minimum atomic E-state index is -0.529. The second-order valence-electron chi connectivity index (χ2n) is 5.92. The first-order valence-corrected chi connectivity index (χ1v) is 8.51. The lowest BCUT2D eigenvalue weighted by Crippen LogP contribution is -2.39. The van der Waals surface area contributed by atoms with Gasteiger partial charge in [0.15, 0.2) is 11.6 Å². The SMILES string of the molecule is C[C@H]1c2c(Cl)ccnc2CCN1C(=O)c1nc2c(F)ccc(Cl)c2[nH]1. The van der Waals surface area contributed by atoms with E-state index in [1.165, 1.54) is 12.1 Å². The second-order valence-corrected chi connectivity index (χ2v) is 6.73. The van der Waals surface area contributed by atoms with Gasteiger partial charge in [0.1, 0.15) is 5.52 Å². The smallest absolute Gasteiger partial charge is 0.290 e. The molecule has 0 spiro atoms. The van der Waals surface area contributed by atoms with Crippen molar-refractivity contribution in [3.8, 4) is 0 Å². The largest absolute Gasteiger partial charge is 0.333 e. The number of H-pyrrole nitrogens is 1. The first-order chi connectivity index (χ1) is 12.0. The number of fused-ring (bicyclic) bond motifs is 2. The molecule has 8 heteroatoms. The Morgan fingerprint density at radius 2 is 2.12 bits per heavy atom. The number of hydrogen-bond donors (Lipinski definition) is 1. The molecule has 2 aromatic heterocycles. The van der Waals surface area contributed by atoms with Gasteiger partial charge in [-0.05, 0) is 25.1 Å². The highest BCUT2D eigenvalue weighted by Gasteiger charge is 2.32. The number of halogens is 3. The van der Waals surface area contributed by atoms with Crippen molar-refractivity contribution in [2.75, 3.05) is 6.54 Å². The fourth-order valence-electron chi connectivity index (χ4n) is 3.25. The van der Waals surface area contributed by atoms with Gasteiger partial charge in [0.25, 0.3) is 5.91 Å². The third kappa shape index (κ3) is 2.56. The zero-order chi connectivity index (χ0) is 17.7. The summed E-state index contributed by atoms with van der Waals surface area (Å²) >= 11 is 12.4. The molecule has 1 N–H and O–H groups in total. The number of hydrogen-bond acceptors (Lipinski definition) is 3. The summed E-state index contributed by atoms with van der Waals surface area (Å²) in [5.41, 5.74) is 2.10. The summed E-state index contributed by atoms with van der Waals surface area (Å²) in [4.78, 5) is 25.9. The van der Waals surface area contributed by atoms with Crippen molar-refractivity contribution in [2.24, 2.45) is 0 Å². The van der Waals surface area contributed by atoms with Crippen LogP contribution in [-0.4, -0.2) is 32.3 Å². The van der Waals surface area contributed by atoms with E-state index in [1.54, 1.807) is 17.2 Å². The Kier molecular flexibility index (Phi) is 3.89. The lowest BCUT2D eigenvalue weighted by molar-refractivity contribution is 0.0665. The van der Waals surface area contributed by atoms with Crippen LogP contribution in [0, 0.1) is 5.82 Å². The van der Waals surface area contributed by atoms with Gasteiger partial charge in [-0.1, -0.05) is 23.2 Å². The van der Waals surface area contributed by atoms with Crippen molar-refractivity contribution in [3.63, 3.8) is 0 Å². The van der Waals surface area contributed by atoms with Crippen LogP contribution in [0.25, 0.3) is 11.0 Å². The summed E-state index contributed by atoms with van der Waals surface area (Å²) in [6, 6.07) is 4.11. The average molecular weight is 379 g/mol. The second kappa shape index (κ2) is 5.97. The number of amides is 1. The molecule has 0 aliphatic carbocycles. The van der Waals surface area contributed by atoms with Gasteiger partial charge in [0.2, 0.25) is 0 Å². The maximum atomic E-state index is 13.9. The minimum Gasteiger partial charge on any atom is -0.333 e. The first-order valence-electron chi connectivity index (χ1n) is 7.75. The molecule has 0 saturated carbocycles. The van der Waals surface area contributed by atoms with E-state index in [0.29, 0.717) is 28.5 Å². The van der Waals surface area contributed by atoms with Gasteiger partial charge < -0.3 is 9.88 Å². The molecule has 128 valence electrons. The van der Waals surface area contributed by atoms with Crippen LogP contribution in [-0.2, 0) is 6.42 Å². The Hall–Kier alpha value is -2.18. The monoisotopic (exact) mass is 378 g/mol. The van der Waals surface area contributed by atoms with Gasteiger partial charge in [-0.25, -0.2) is 9.37 Å². The molecular formula is C17H13Cl2FN4O. The number of rotatable bonds is 1. The Morgan fingerprint density at radius 3 is 2.88 bits per heavy atom.